The van der Waals surface area contributed by atoms with Crippen molar-refractivity contribution in [3.8, 4) is 0 Å². The lowest BCUT2D eigenvalue weighted by molar-refractivity contribution is -0.115. The van der Waals surface area contributed by atoms with Crippen molar-refractivity contribution >= 4 is 11.6 Å². The van der Waals surface area contributed by atoms with E-state index in [9.17, 15) is 13.2 Å². The number of anilines is 2. The summed E-state index contributed by atoms with van der Waals surface area (Å²) in [5.41, 5.74) is 0.632. The second-order valence-corrected chi connectivity index (χ2v) is 5.07. The quantitative estimate of drug-likeness (QED) is 0.841. The van der Waals surface area contributed by atoms with Gasteiger partial charge in [-0.25, -0.2) is 9.97 Å². The molecule has 0 amide bonds. The second kappa shape index (κ2) is 5.85. The summed E-state index contributed by atoms with van der Waals surface area (Å²) in [4.78, 5) is 8.68. The van der Waals surface area contributed by atoms with Gasteiger partial charge in [0.25, 0.3) is 0 Å². The molecule has 1 aliphatic rings. The molecule has 112 valence electrons. The molecule has 4 nitrogen and oxygen atoms in total. The summed E-state index contributed by atoms with van der Waals surface area (Å²) in [6.45, 7) is 3.41. The van der Waals surface area contributed by atoms with Crippen molar-refractivity contribution in [2.45, 2.75) is 45.2 Å². The van der Waals surface area contributed by atoms with Gasteiger partial charge in [0, 0.05) is 18.0 Å². The van der Waals surface area contributed by atoms with Crippen LogP contribution in [-0.2, 0) is 0 Å². The first-order valence-corrected chi connectivity index (χ1v) is 6.83. The van der Waals surface area contributed by atoms with E-state index in [4.69, 9.17) is 0 Å². The molecule has 0 aliphatic heterocycles. The molecule has 0 bridgehead atoms. The van der Waals surface area contributed by atoms with E-state index in [0.717, 1.165) is 25.8 Å². The predicted octanol–water partition coefficient (Wildman–Crippen LogP) is 3.46. The SMILES string of the molecule is CCCNc1nc(C2CC2)nc(NCC(F)(F)F)c1C. The molecule has 7 heteroatoms. The molecule has 1 heterocycles. The van der Waals surface area contributed by atoms with Gasteiger partial charge in [-0.1, -0.05) is 6.92 Å². The molecule has 0 spiro atoms. The van der Waals surface area contributed by atoms with Crippen LogP contribution in [0.1, 0.15) is 43.5 Å². The van der Waals surface area contributed by atoms with E-state index in [1.807, 2.05) is 6.92 Å². The molecule has 0 radical (unpaired) electrons. The van der Waals surface area contributed by atoms with Gasteiger partial charge in [0.2, 0.25) is 0 Å². The molecule has 1 aliphatic carbocycles. The maximum absolute atomic E-state index is 12.3. The van der Waals surface area contributed by atoms with E-state index in [0.29, 0.717) is 23.1 Å². The number of halogens is 3. The summed E-state index contributed by atoms with van der Waals surface area (Å²) in [7, 11) is 0. The Morgan fingerprint density at radius 1 is 1.15 bits per heavy atom. The van der Waals surface area contributed by atoms with E-state index in [1.165, 1.54) is 0 Å². The number of nitrogens with zero attached hydrogens (tertiary/aromatic N) is 2. The maximum atomic E-state index is 12.3. The van der Waals surface area contributed by atoms with Crippen molar-refractivity contribution in [1.29, 1.82) is 0 Å². The highest BCUT2D eigenvalue weighted by Gasteiger charge is 2.30. The summed E-state index contributed by atoms with van der Waals surface area (Å²) in [6, 6.07) is 0. The molecule has 1 aromatic rings. The largest absolute Gasteiger partial charge is 0.405 e. The van der Waals surface area contributed by atoms with Crippen molar-refractivity contribution < 1.29 is 13.2 Å². The third-order valence-electron chi connectivity index (χ3n) is 3.10. The van der Waals surface area contributed by atoms with E-state index in [2.05, 4.69) is 20.6 Å². The minimum atomic E-state index is -4.26. The molecule has 20 heavy (non-hydrogen) atoms. The van der Waals surface area contributed by atoms with Crippen LogP contribution in [0.3, 0.4) is 0 Å². The first kappa shape index (κ1) is 14.9. The van der Waals surface area contributed by atoms with Gasteiger partial charge < -0.3 is 10.6 Å². The predicted molar refractivity (Wildman–Crippen MR) is 72.1 cm³/mol. The standard InChI is InChI=1S/C13H19F3N4/c1-3-6-17-10-8(2)11(18-7-13(14,15)16)20-12(19-10)9-4-5-9/h9H,3-7H2,1-2H3,(H2,17,18,19,20). The fraction of sp³-hybridized carbons (Fsp3) is 0.692. The molecule has 2 rings (SSSR count). The zero-order valence-electron chi connectivity index (χ0n) is 11.6. The van der Waals surface area contributed by atoms with E-state index in [-0.39, 0.29) is 5.82 Å². The Balaban J connectivity index is 2.21. The van der Waals surface area contributed by atoms with Gasteiger partial charge in [-0.05, 0) is 26.2 Å². The number of rotatable bonds is 6. The number of hydrogen-bond donors (Lipinski definition) is 2. The Labute approximate surface area is 116 Å². The second-order valence-electron chi connectivity index (χ2n) is 5.07. The lowest BCUT2D eigenvalue weighted by Gasteiger charge is -2.15. The van der Waals surface area contributed by atoms with E-state index >= 15 is 0 Å². The summed E-state index contributed by atoms with van der Waals surface area (Å²) >= 11 is 0. The molecule has 0 atom stereocenters. The van der Waals surface area contributed by atoms with Crippen LogP contribution in [0.4, 0.5) is 24.8 Å². The lowest BCUT2D eigenvalue weighted by Crippen LogP contribution is -2.23. The highest BCUT2D eigenvalue weighted by molar-refractivity contribution is 5.57. The monoisotopic (exact) mass is 288 g/mol. The van der Waals surface area contributed by atoms with Gasteiger partial charge in [0.15, 0.2) is 0 Å². The van der Waals surface area contributed by atoms with Crippen LogP contribution in [-0.4, -0.2) is 29.2 Å². The van der Waals surface area contributed by atoms with Crippen LogP contribution >= 0.6 is 0 Å². The Bertz CT molecular complexity index is 469. The first-order chi connectivity index (χ1) is 9.40. The van der Waals surface area contributed by atoms with Crippen LogP contribution < -0.4 is 10.6 Å². The average Bonchev–Trinajstić information content (AvgIpc) is 3.19. The fourth-order valence-corrected chi connectivity index (χ4v) is 1.83. The van der Waals surface area contributed by atoms with Crippen molar-refractivity contribution in [1.82, 2.24) is 9.97 Å². The Morgan fingerprint density at radius 3 is 2.25 bits per heavy atom. The minimum Gasteiger partial charge on any atom is -0.370 e. The summed E-state index contributed by atoms with van der Waals surface area (Å²) < 4.78 is 37.0. The Morgan fingerprint density at radius 2 is 1.75 bits per heavy atom. The normalized spacial score (nSPS) is 15.2. The van der Waals surface area contributed by atoms with E-state index < -0.39 is 12.7 Å². The van der Waals surface area contributed by atoms with Crippen molar-refractivity contribution in [3.63, 3.8) is 0 Å². The minimum absolute atomic E-state index is 0.276. The molecule has 1 aromatic heterocycles. The number of alkyl halides is 3. The van der Waals surface area contributed by atoms with Gasteiger partial charge in [0.05, 0.1) is 0 Å². The molecule has 1 fully saturated rings. The Hall–Kier alpha value is -1.53. The molecule has 1 saturated carbocycles. The average molecular weight is 288 g/mol. The van der Waals surface area contributed by atoms with Crippen LogP contribution in [0, 0.1) is 6.92 Å². The molecule has 0 aromatic carbocycles. The number of nitrogens with one attached hydrogen (secondary N) is 2. The van der Waals surface area contributed by atoms with Crippen molar-refractivity contribution in [2.24, 2.45) is 0 Å². The summed E-state index contributed by atoms with van der Waals surface area (Å²) in [6.07, 6.45) is -1.31. The summed E-state index contributed by atoms with van der Waals surface area (Å²) in [5, 5.41) is 5.53. The third-order valence-corrected chi connectivity index (χ3v) is 3.10. The topological polar surface area (TPSA) is 49.8 Å². The third kappa shape index (κ3) is 3.98. The Kier molecular flexibility index (Phi) is 4.35. The van der Waals surface area contributed by atoms with Gasteiger partial charge in [-0.2, -0.15) is 13.2 Å². The zero-order chi connectivity index (χ0) is 14.8. The fourth-order valence-electron chi connectivity index (χ4n) is 1.83. The molecular formula is C13H19F3N4. The maximum Gasteiger partial charge on any atom is 0.405 e. The number of hydrogen-bond acceptors (Lipinski definition) is 4. The molecular weight excluding hydrogens is 269 g/mol. The van der Waals surface area contributed by atoms with Gasteiger partial charge in [0.1, 0.15) is 24.0 Å². The molecule has 0 unspecified atom stereocenters. The van der Waals surface area contributed by atoms with Crippen molar-refractivity contribution in [3.05, 3.63) is 11.4 Å². The van der Waals surface area contributed by atoms with Gasteiger partial charge >= 0.3 is 6.18 Å². The van der Waals surface area contributed by atoms with Crippen molar-refractivity contribution in [2.75, 3.05) is 23.7 Å². The van der Waals surface area contributed by atoms with Crippen LogP contribution in [0.15, 0.2) is 0 Å². The lowest BCUT2D eigenvalue weighted by atomic mass is 10.2. The van der Waals surface area contributed by atoms with Gasteiger partial charge in [-0.15, -0.1) is 0 Å². The molecule has 0 saturated heterocycles. The highest BCUT2D eigenvalue weighted by atomic mass is 19.4. The van der Waals surface area contributed by atoms with E-state index in [1.54, 1.807) is 6.92 Å². The smallest absolute Gasteiger partial charge is 0.370 e. The molecule has 2 N–H and O–H groups in total. The van der Waals surface area contributed by atoms with Crippen LogP contribution in [0.25, 0.3) is 0 Å². The van der Waals surface area contributed by atoms with Crippen LogP contribution in [0.2, 0.25) is 0 Å². The number of aromatic nitrogens is 2. The van der Waals surface area contributed by atoms with Crippen LogP contribution in [0.5, 0.6) is 0 Å². The zero-order valence-corrected chi connectivity index (χ0v) is 11.6. The highest BCUT2D eigenvalue weighted by Crippen LogP contribution is 2.39. The first-order valence-electron chi connectivity index (χ1n) is 6.83. The van der Waals surface area contributed by atoms with Gasteiger partial charge in [-0.3, -0.25) is 0 Å². The summed E-state index contributed by atoms with van der Waals surface area (Å²) in [5.74, 6) is 1.84.